The number of para-hydroxylation sites is 1. The van der Waals surface area contributed by atoms with Crippen molar-refractivity contribution in [3.63, 3.8) is 0 Å². The van der Waals surface area contributed by atoms with Gasteiger partial charge in [0.15, 0.2) is 0 Å². The lowest BCUT2D eigenvalue weighted by Gasteiger charge is -2.14. The van der Waals surface area contributed by atoms with Crippen LogP contribution in [-0.4, -0.2) is 5.97 Å². The van der Waals surface area contributed by atoms with E-state index in [-0.39, 0.29) is 5.97 Å². The lowest BCUT2D eigenvalue weighted by molar-refractivity contribution is -0.131. The van der Waals surface area contributed by atoms with E-state index in [4.69, 9.17) is 21.1 Å². The summed E-state index contributed by atoms with van der Waals surface area (Å²) in [6.45, 7) is 5.78. The van der Waals surface area contributed by atoms with Crippen molar-refractivity contribution in [3.8, 4) is 11.5 Å². The van der Waals surface area contributed by atoms with Gasteiger partial charge in [-0.2, -0.15) is 0 Å². The number of hydrogen-bond donors (Lipinski definition) is 0. The summed E-state index contributed by atoms with van der Waals surface area (Å²) in [7, 11) is 0. The Hall–Kier alpha value is -2.00. The predicted octanol–water partition coefficient (Wildman–Crippen LogP) is 4.55. The molecule has 2 aromatic rings. The molecule has 0 radical (unpaired) electrons. The number of carbonyl (C=O) groups excluding carboxylic acids is 1. The van der Waals surface area contributed by atoms with Gasteiger partial charge < -0.3 is 9.47 Å². The van der Waals surface area contributed by atoms with Gasteiger partial charge in [0.05, 0.1) is 0 Å². The van der Waals surface area contributed by atoms with Gasteiger partial charge in [-0.05, 0) is 48.2 Å². The molecule has 0 fully saturated rings. The van der Waals surface area contributed by atoms with Gasteiger partial charge in [-0.15, -0.1) is 11.6 Å². The molecule has 0 saturated carbocycles. The van der Waals surface area contributed by atoms with Gasteiger partial charge in [-0.3, -0.25) is 4.79 Å². The normalized spacial score (nSPS) is 10.4. The van der Waals surface area contributed by atoms with Crippen LogP contribution in [-0.2, 0) is 17.3 Å². The number of hydrogen-bond acceptors (Lipinski definition) is 3. The Balaban J connectivity index is 2.22. The Morgan fingerprint density at radius 2 is 1.77 bits per heavy atom. The molecular weight excluding hydrogens is 300 g/mol. The van der Waals surface area contributed by atoms with E-state index in [0.29, 0.717) is 18.2 Å². The predicted molar refractivity (Wildman–Crippen MR) is 87.6 cm³/mol. The van der Waals surface area contributed by atoms with E-state index in [2.05, 4.69) is 0 Å². The van der Waals surface area contributed by atoms with Crippen molar-refractivity contribution in [3.05, 3.63) is 58.7 Å². The second kappa shape index (κ2) is 7.32. The summed E-state index contributed by atoms with van der Waals surface area (Å²) in [4.78, 5) is 11.1. The summed E-state index contributed by atoms with van der Waals surface area (Å²) in [6, 6.07) is 11.4. The van der Waals surface area contributed by atoms with Crippen molar-refractivity contribution < 1.29 is 14.3 Å². The molecule has 22 heavy (non-hydrogen) atoms. The molecule has 0 saturated heterocycles. The molecule has 116 valence electrons. The van der Waals surface area contributed by atoms with Crippen LogP contribution in [0.1, 0.15) is 29.2 Å². The maximum absolute atomic E-state index is 11.1. The van der Waals surface area contributed by atoms with Crippen molar-refractivity contribution >= 4 is 17.6 Å². The molecule has 0 amide bonds. The first kappa shape index (κ1) is 16.4. The fraction of sp³-hybridized carbons (Fsp3) is 0.278. The van der Waals surface area contributed by atoms with E-state index in [0.717, 1.165) is 28.0 Å². The van der Waals surface area contributed by atoms with Crippen molar-refractivity contribution in [1.29, 1.82) is 0 Å². The number of carbonyl (C=O) groups is 1. The Labute approximate surface area is 135 Å². The Morgan fingerprint density at radius 3 is 2.36 bits per heavy atom. The number of benzene rings is 2. The van der Waals surface area contributed by atoms with Crippen molar-refractivity contribution in [2.24, 2.45) is 0 Å². The molecule has 0 aromatic heterocycles. The largest absolute Gasteiger partial charge is 0.488 e. The number of ether oxygens (including phenoxy) is 2. The molecule has 0 heterocycles. The minimum atomic E-state index is -0.347. The second-order valence-electron chi connectivity index (χ2n) is 5.17. The molecule has 0 spiro atoms. The molecule has 0 aliphatic heterocycles. The Kier molecular flexibility index (Phi) is 5.45. The Bertz CT molecular complexity index is 660. The lowest BCUT2D eigenvalue weighted by Crippen LogP contribution is -2.05. The maximum atomic E-state index is 11.1. The third-order valence-corrected chi connectivity index (χ3v) is 3.65. The monoisotopic (exact) mass is 318 g/mol. The molecule has 0 bridgehead atoms. The molecule has 2 rings (SSSR count). The summed E-state index contributed by atoms with van der Waals surface area (Å²) in [5.41, 5.74) is 4.05. The molecule has 2 aromatic carbocycles. The summed E-state index contributed by atoms with van der Waals surface area (Å²) >= 11 is 5.97. The fourth-order valence-corrected chi connectivity index (χ4v) is 2.53. The highest BCUT2D eigenvalue weighted by atomic mass is 35.5. The highest BCUT2D eigenvalue weighted by Gasteiger charge is 2.09. The third-order valence-electron chi connectivity index (χ3n) is 3.36. The van der Waals surface area contributed by atoms with Gasteiger partial charge in [0.2, 0.25) is 0 Å². The summed E-state index contributed by atoms with van der Waals surface area (Å²) in [5.74, 6) is 1.41. The summed E-state index contributed by atoms with van der Waals surface area (Å²) in [5, 5.41) is 0. The number of rotatable bonds is 5. The van der Waals surface area contributed by atoms with Crippen LogP contribution in [0.3, 0.4) is 0 Å². The van der Waals surface area contributed by atoms with Crippen LogP contribution in [0.25, 0.3) is 0 Å². The minimum absolute atomic E-state index is 0.347. The molecule has 0 aliphatic rings. The highest BCUT2D eigenvalue weighted by molar-refractivity contribution is 6.17. The first-order valence-electron chi connectivity index (χ1n) is 7.06. The zero-order valence-electron chi connectivity index (χ0n) is 13.0. The zero-order valence-corrected chi connectivity index (χ0v) is 13.7. The van der Waals surface area contributed by atoms with Gasteiger partial charge in [-0.1, -0.05) is 24.3 Å². The zero-order chi connectivity index (χ0) is 16.1. The summed E-state index contributed by atoms with van der Waals surface area (Å²) < 4.78 is 11.1. The van der Waals surface area contributed by atoms with Crippen molar-refractivity contribution in [2.75, 3.05) is 0 Å². The Morgan fingerprint density at radius 1 is 1.09 bits per heavy atom. The van der Waals surface area contributed by atoms with Crippen LogP contribution in [0, 0.1) is 13.8 Å². The van der Waals surface area contributed by atoms with Gasteiger partial charge in [-0.25, -0.2) is 0 Å². The first-order valence-corrected chi connectivity index (χ1v) is 7.60. The van der Waals surface area contributed by atoms with Gasteiger partial charge >= 0.3 is 5.97 Å². The van der Waals surface area contributed by atoms with E-state index >= 15 is 0 Å². The molecule has 0 unspecified atom stereocenters. The number of esters is 1. The standard InChI is InChI=1S/C18H19ClO3/c1-12-5-4-6-13(2)18(12)21-11-16-9-17(22-14(3)20)8-7-15(16)10-19/h4-9H,10-11H2,1-3H3. The van der Waals surface area contributed by atoms with E-state index in [1.165, 1.54) is 6.92 Å². The number of aryl methyl sites for hydroxylation is 2. The van der Waals surface area contributed by atoms with E-state index in [1.807, 2.05) is 38.1 Å². The maximum Gasteiger partial charge on any atom is 0.308 e. The fourth-order valence-electron chi connectivity index (χ4n) is 2.27. The van der Waals surface area contributed by atoms with Gasteiger partial charge in [0.1, 0.15) is 18.1 Å². The minimum Gasteiger partial charge on any atom is -0.488 e. The SMILES string of the molecule is CC(=O)Oc1ccc(CCl)c(COc2c(C)cccc2C)c1. The molecule has 0 N–H and O–H groups in total. The second-order valence-corrected chi connectivity index (χ2v) is 5.43. The third kappa shape index (κ3) is 4.01. The molecule has 3 nitrogen and oxygen atoms in total. The average molecular weight is 319 g/mol. The van der Waals surface area contributed by atoms with Crippen molar-refractivity contribution in [1.82, 2.24) is 0 Å². The molecule has 4 heteroatoms. The van der Waals surface area contributed by atoms with E-state index < -0.39 is 0 Å². The smallest absolute Gasteiger partial charge is 0.308 e. The van der Waals surface area contributed by atoms with Crippen LogP contribution < -0.4 is 9.47 Å². The van der Waals surface area contributed by atoms with Crippen molar-refractivity contribution in [2.45, 2.75) is 33.3 Å². The molecular formula is C18H19ClO3. The topological polar surface area (TPSA) is 35.5 Å². The summed E-state index contributed by atoms with van der Waals surface area (Å²) in [6.07, 6.45) is 0. The van der Waals surface area contributed by atoms with Gasteiger partial charge in [0.25, 0.3) is 0 Å². The van der Waals surface area contributed by atoms with Crippen LogP contribution in [0.5, 0.6) is 11.5 Å². The quantitative estimate of drug-likeness (QED) is 0.461. The van der Waals surface area contributed by atoms with Crippen LogP contribution in [0.2, 0.25) is 0 Å². The lowest BCUT2D eigenvalue weighted by atomic mass is 10.1. The average Bonchev–Trinajstić information content (AvgIpc) is 2.46. The van der Waals surface area contributed by atoms with E-state index in [1.54, 1.807) is 12.1 Å². The van der Waals surface area contributed by atoms with Crippen LogP contribution >= 0.6 is 11.6 Å². The first-order chi connectivity index (χ1) is 10.5. The number of alkyl halides is 1. The van der Waals surface area contributed by atoms with E-state index in [9.17, 15) is 4.79 Å². The number of halogens is 1. The van der Waals surface area contributed by atoms with Gasteiger partial charge in [0, 0.05) is 12.8 Å². The molecule has 0 aliphatic carbocycles. The molecule has 0 atom stereocenters. The van der Waals surface area contributed by atoms with Crippen LogP contribution in [0.15, 0.2) is 36.4 Å². The van der Waals surface area contributed by atoms with Crippen LogP contribution in [0.4, 0.5) is 0 Å². The highest BCUT2D eigenvalue weighted by Crippen LogP contribution is 2.26.